The van der Waals surface area contributed by atoms with E-state index in [9.17, 15) is 4.79 Å². The molecule has 3 rings (SSSR count). The summed E-state index contributed by atoms with van der Waals surface area (Å²) < 4.78 is 12.0. The second kappa shape index (κ2) is 5.38. The summed E-state index contributed by atoms with van der Waals surface area (Å²) in [6.45, 7) is 2.28. The number of Topliss-reactive ketones (excluding diaryl/α,β-unsaturated/α-hetero) is 1. The first-order valence-corrected chi connectivity index (χ1v) is 7.57. The lowest BCUT2D eigenvalue weighted by atomic mass is 9.74. The van der Waals surface area contributed by atoms with Crippen LogP contribution in [0.2, 0.25) is 5.02 Å². The summed E-state index contributed by atoms with van der Waals surface area (Å²) in [6, 6.07) is 5.24. The maximum atomic E-state index is 11.7. The van der Waals surface area contributed by atoms with Crippen LogP contribution in [0.3, 0.4) is 0 Å². The summed E-state index contributed by atoms with van der Waals surface area (Å²) in [5.74, 6) is 0.621. The van der Waals surface area contributed by atoms with Gasteiger partial charge < -0.3 is 9.47 Å². The summed E-state index contributed by atoms with van der Waals surface area (Å²) in [6.07, 6.45) is 5.43. The molecule has 1 saturated carbocycles. The molecule has 2 fully saturated rings. The van der Waals surface area contributed by atoms with Gasteiger partial charge in [0, 0.05) is 17.9 Å². The van der Waals surface area contributed by atoms with Crippen molar-refractivity contribution in [1.29, 1.82) is 0 Å². The van der Waals surface area contributed by atoms with Gasteiger partial charge >= 0.3 is 0 Å². The number of hydrogen-bond acceptors (Lipinski definition) is 3. The Hall–Kier alpha value is -1.06. The predicted molar refractivity (Wildman–Crippen MR) is 77.6 cm³/mol. The molecule has 1 aliphatic carbocycles. The average Bonchev–Trinajstić information content (AvgIpc) is 2.39. The Kier molecular flexibility index (Phi) is 3.74. The van der Waals surface area contributed by atoms with E-state index < -0.39 is 0 Å². The van der Waals surface area contributed by atoms with Crippen LogP contribution < -0.4 is 4.74 Å². The molecule has 4 heteroatoms. The number of carbonyl (C=O) groups is 1. The minimum absolute atomic E-state index is 0.0204. The number of ether oxygens (including phenoxy) is 2. The Bertz CT molecular complexity index is 522. The van der Waals surface area contributed by atoms with Crippen LogP contribution in [0.1, 0.15) is 49.4 Å². The number of halogens is 1. The molecule has 1 aromatic rings. The number of benzene rings is 1. The highest BCUT2D eigenvalue weighted by molar-refractivity contribution is 6.31. The summed E-state index contributed by atoms with van der Waals surface area (Å²) in [5, 5.41) is 0.560. The maximum absolute atomic E-state index is 11.7. The van der Waals surface area contributed by atoms with Crippen molar-refractivity contribution in [3.05, 3.63) is 28.8 Å². The van der Waals surface area contributed by atoms with Crippen molar-refractivity contribution in [2.45, 2.75) is 50.7 Å². The van der Waals surface area contributed by atoms with Gasteiger partial charge in [-0.3, -0.25) is 4.79 Å². The Morgan fingerprint density at radius 3 is 2.90 bits per heavy atom. The zero-order valence-electron chi connectivity index (χ0n) is 11.7. The van der Waals surface area contributed by atoms with Crippen molar-refractivity contribution in [2.24, 2.45) is 0 Å². The number of rotatable bonds is 3. The normalized spacial score (nSPS) is 24.2. The van der Waals surface area contributed by atoms with Gasteiger partial charge in [-0.2, -0.15) is 0 Å². The van der Waals surface area contributed by atoms with Crippen molar-refractivity contribution in [3.8, 4) is 5.75 Å². The van der Waals surface area contributed by atoms with E-state index in [0.717, 1.165) is 32.3 Å². The van der Waals surface area contributed by atoms with E-state index in [1.54, 1.807) is 18.2 Å². The van der Waals surface area contributed by atoms with E-state index >= 15 is 0 Å². The van der Waals surface area contributed by atoms with E-state index in [1.807, 2.05) is 0 Å². The minimum atomic E-state index is -0.0204. The molecule has 3 nitrogen and oxygen atoms in total. The Labute approximate surface area is 124 Å². The molecule has 2 aliphatic rings. The van der Waals surface area contributed by atoms with Crippen LogP contribution in [-0.4, -0.2) is 24.1 Å². The van der Waals surface area contributed by atoms with E-state index in [-0.39, 0.29) is 17.5 Å². The van der Waals surface area contributed by atoms with Crippen molar-refractivity contribution >= 4 is 17.4 Å². The van der Waals surface area contributed by atoms with Gasteiger partial charge in [-0.1, -0.05) is 11.6 Å². The lowest BCUT2D eigenvalue weighted by Crippen LogP contribution is -2.48. The van der Waals surface area contributed by atoms with Crippen LogP contribution >= 0.6 is 11.6 Å². The lowest BCUT2D eigenvalue weighted by molar-refractivity contribution is -0.153. The van der Waals surface area contributed by atoms with Crippen molar-refractivity contribution in [2.75, 3.05) is 6.61 Å². The van der Waals surface area contributed by atoms with Gasteiger partial charge in [0.25, 0.3) is 0 Å². The second-order valence-electron chi connectivity index (χ2n) is 5.81. The predicted octanol–water partition coefficient (Wildman–Crippen LogP) is 4.02. The molecule has 1 heterocycles. The molecule has 1 atom stereocenters. The third-order valence-electron chi connectivity index (χ3n) is 4.33. The molecule has 1 spiro atoms. The number of ketones is 1. The zero-order chi connectivity index (χ0) is 14.2. The average molecular weight is 295 g/mol. The van der Waals surface area contributed by atoms with Crippen molar-refractivity contribution in [1.82, 2.24) is 0 Å². The van der Waals surface area contributed by atoms with E-state index in [4.69, 9.17) is 21.1 Å². The molecule has 1 unspecified atom stereocenters. The van der Waals surface area contributed by atoms with Crippen molar-refractivity contribution in [3.63, 3.8) is 0 Å². The molecular formula is C16H19ClO3. The Balaban J connectivity index is 1.75. The van der Waals surface area contributed by atoms with Crippen LogP contribution in [0.5, 0.6) is 5.75 Å². The van der Waals surface area contributed by atoms with Gasteiger partial charge in [0.15, 0.2) is 5.78 Å². The number of hydrogen-bond donors (Lipinski definition) is 0. The highest BCUT2D eigenvalue weighted by Crippen LogP contribution is 2.43. The van der Waals surface area contributed by atoms with Gasteiger partial charge in [0.1, 0.15) is 11.9 Å². The molecule has 0 bridgehead atoms. The van der Waals surface area contributed by atoms with Crippen LogP contribution in [0.25, 0.3) is 0 Å². The lowest BCUT2D eigenvalue weighted by Gasteiger charge is -2.47. The number of carbonyl (C=O) groups excluding carboxylic acids is 1. The molecule has 0 amide bonds. The summed E-state index contributed by atoms with van der Waals surface area (Å²) in [7, 11) is 0. The molecule has 0 aromatic heterocycles. The minimum Gasteiger partial charge on any atom is -0.489 e. The standard InChI is InChI=1S/C16H19ClO3/c1-11(18)14-9-12(17)3-4-15(14)20-13-5-8-19-16(10-13)6-2-7-16/h3-4,9,13H,2,5-8,10H2,1H3. The quantitative estimate of drug-likeness (QED) is 0.790. The van der Waals surface area contributed by atoms with E-state index in [1.165, 1.54) is 13.3 Å². The van der Waals surface area contributed by atoms with Crippen LogP contribution in [0.4, 0.5) is 0 Å². The van der Waals surface area contributed by atoms with Gasteiger partial charge in [-0.05, 0) is 44.4 Å². The molecule has 0 N–H and O–H groups in total. The smallest absolute Gasteiger partial charge is 0.163 e. The Morgan fingerprint density at radius 2 is 2.25 bits per heavy atom. The van der Waals surface area contributed by atoms with E-state index in [2.05, 4.69) is 0 Å². The van der Waals surface area contributed by atoms with Crippen LogP contribution in [0.15, 0.2) is 18.2 Å². The molecule has 1 saturated heterocycles. The first-order valence-electron chi connectivity index (χ1n) is 7.19. The fourth-order valence-electron chi connectivity index (χ4n) is 3.06. The monoisotopic (exact) mass is 294 g/mol. The molecular weight excluding hydrogens is 276 g/mol. The Morgan fingerprint density at radius 1 is 1.45 bits per heavy atom. The second-order valence-corrected chi connectivity index (χ2v) is 6.25. The van der Waals surface area contributed by atoms with Crippen LogP contribution in [-0.2, 0) is 4.74 Å². The molecule has 1 aliphatic heterocycles. The third kappa shape index (κ3) is 2.70. The zero-order valence-corrected chi connectivity index (χ0v) is 12.4. The van der Waals surface area contributed by atoms with Gasteiger partial charge in [-0.15, -0.1) is 0 Å². The molecule has 20 heavy (non-hydrogen) atoms. The first-order chi connectivity index (χ1) is 9.58. The van der Waals surface area contributed by atoms with Gasteiger partial charge in [-0.25, -0.2) is 0 Å². The first kappa shape index (κ1) is 13.9. The summed E-state index contributed by atoms with van der Waals surface area (Å²) in [4.78, 5) is 11.7. The van der Waals surface area contributed by atoms with Gasteiger partial charge in [0.05, 0.1) is 17.8 Å². The molecule has 108 valence electrons. The van der Waals surface area contributed by atoms with Crippen molar-refractivity contribution < 1.29 is 14.3 Å². The topological polar surface area (TPSA) is 35.5 Å². The molecule has 0 radical (unpaired) electrons. The summed E-state index contributed by atoms with van der Waals surface area (Å²) in [5.41, 5.74) is 0.609. The maximum Gasteiger partial charge on any atom is 0.163 e. The van der Waals surface area contributed by atoms with Gasteiger partial charge in [0.2, 0.25) is 0 Å². The summed E-state index contributed by atoms with van der Waals surface area (Å²) >= 11 is 5.95. The fraction of sp³-hybridized carbons (Fsp3) is 0.562. The highest BCUT2D eigenvalue weighted by atomic mass is 35.5. The fourth-order valence-corrected chi connectivity index (χ4v) is 3.23. The highest BCUT2D eigenvalue weighted by Gasteiger charge is 2.43. The molecule has 1 aromatic carbocycles. The largest absolute Gasteiger partial charge is 0.489 e. The third-order valence-corrected chi connectivity index (χ3v) is 4.56. The SMILES string of the molecule is CC(=O)c1cc(Cl)ccc1OC1CCOC2(CCC2)C1. The van der Waals surface area contributed by atoms with E-state index in [0.29, 0.717) is 16.3 Å². The van der Waals surface area contributed by atoms with Crippen LogP contribution in [0, 0.1) is 0 Å².